The molecule has 1 fully saturated rings. The molecule has 1 amide bonds. The predicted molar refractivity (Wildman–Crippen MR) is 99.5 cm³/mol. The Morgan fingerprint density at radius 3 is 3.00 bits per heavy atom. The lowest BCUT2D eigenvalue weighted by Crippen LogP contribution is -2.34. The van der Waals surface area contributed by atoms with Crippen LogP contribution in [0.5, 0.6) is 0 Å². The maximum atomic E-state index is 11.1. The van der Waals surface area contributed by atoms with Crippen LogP contribution in [0.4, 0.5) is 0 Å². The third-order valence-corrected chi connectivity index (χ3v) is 5.11. The minimum Gasteiger partial charge on any atom is -0.356 e. The highest BCUT2D eigenvalue weighted by Gasteiger charge is 2.27. The number of allylic oxidation sites excluding steroid dienone is 1. The largest absolute Gasteiger partial charge is 0.356 e. The molecular weight excluding hydrogens is 322 g/mol. The average molecular weight is 346 g/mol. The number of aliphatic imine (C=N–C) groups is 1. The molecule has 0 spiro atoms. The van der Waals surface area contributed by atoms with E-state index in [1.807, 2.05) is 12.1 Å². The molecule has 0 saturated carbocycles. The van der Waals surface area contributed by atoms with E-state index < -0.39 is 0 Å². The van der Waals surface area contributed by atoms with Crippen molar-refractivity contribution >= 4 is 28.8 Å². The van der Waals surface area contributed by atoms with Crippen LogP contribution in [0.15, 0.2) is 34.3 Å². The Bertz CT molecular complexity index is 675. The summed E-state index contributed by atoms with van der Waals surface area (Å²) in [6.07, 6.45) is 3.12. The summed E-state index contributed by atoms with van der Waals surface area (Å²) in [7, 11) is 0. The first kappa shape index (κ1) is 17.2. The van der Waals surface area contributed by atoms with Gasteiger partial charge in [0, 0.05) is 31.5 Å². The summed E-state index contributed by atoms with van der Waals surface area (Å²) in [5, 5.41) is 7.12. The molecule has 1 aromatic rings. The molecule has 128 valence electrons. The number of carbonyl (C=O) groups is 1. The number of halogens is 1. The maximum absolute atomic E-state index is 11.1. The van der Waals surface area contributed by atoms with Crippen molar-refractivity contribution in [1.29, 1.82) is 0 Å². The van der Waals surface area contributed by atoms with Crippen molar-refractivity contribution in [3.8, 4) is 0 Å². The van der Waals surface area contributed by atoms with Crippen LogP contribution in [0.25, 0.3) is 5.57 Å². The third kappa shape index (κ3) is 3.87. The van der Waals surface area contributed by atoms with Crippen molar-refractivity contribution < 1.29 is 4.79 Å². The number of hydrogen-bond donors (Lipinski definition) is 2. The second-order valence-corrected chi connectivity index (χ2v) is 6.81. The molecule has 2 N–H and O–H groups in total. The van der Waals surface area contributed by atoms with Gasteiger partial charge in [-0.05, 0) is 36.9 Å². The lowest BCUT2D eigenvalue weighted by Gasteiger charge is -2.23. The number of carbonyl (C=O) groups excluding carboxylic acids is 1. The number of amides is 1. The first-order chi connectivity index (χ1) is 11.7. The summed E-state index contributed by atoms with van der Waals surface area (Å²) in [5.41, 5.74) is 4.55. The molecule has 0 aliphatic carbocycles. The van der Waals surface area contributed by atoms with Crippen LogP contribution in [0.1, 0.15) is 30.9 Å². The smallest absolute Gasteiger partial charge is 0.216 e. The van der Waals surface area contributed by atoms with Crippen molar-refractivity contribution in [3.63, 3.8) is 0 Å². The Hall–Kier alpha value is -1.65. The zero-order chi connectivity index (χ0) is 16.9. The van der Waals surface area contributed by atoms with Crippen LogP contribution in [0.2, 0.25) is 0 Å². The van der Waals surface area contributed by atoms with Gasteiger partial charge in [-0.1, -0.05) is 35.9 Å². The summed E-state index contributed by atoms with van der Waals surface area (Å²) in [6.45, 7) is 4.89. The monoisotopic (exact) mass is 345 g/mol. The quantitative estimate of drug-likeness (QED) is 0.862. The van der Waals surface area contributed by atoms with E-state index in [1.54, 1.807) is 6.92 Å². The van der Waals surface area contributed by atoms with Gasteiger partial charge >= 0.3 is 0 Å². The molecule has 2 aliphatic rings. The number of benzene rings is 1. The fraction of sp³-hybridized carbons (Fsp3) is 0.474. The van der Waals surface area contributed by atoms with E-state index in [-0.39, 0.29) is 5.91 Å². The SMILES string of the molecule is CC(=O)NCCc1ccccc1C1=C(Cl)C([C@@H]2CCCNC2)=NC1. The molecule has 1 atom stereocenters. The van der Waals surface area contributed by atoms with Gasteiger partial charge < -0.3 is 10.6 Å². The number of nitrogens with one attached hydrogen (secondary N) is 2. The van der Waals surface area contributed by atoms with E-state index in [0.717, 1.165) is 47.8 Å². The number of nitrogens with zero attached hydrogens (tertiary/aromatic N) is 1. The number of rotatable bonds is 5. The lowest BCUT2D eigenvalue weighted by atomic mass is 9.92. The number of piperidine rings is 1. The first-order valence-corrected chi connectivity index (χ1v) is 9.01. The minimum atomic E-state index is 0.000938. The highest BCUT2D eigenvalue weighted by molar-refractivity contribution is 6.48. The zero-order valence-corrected chi connectivity index (χ0v) is 14.8. The van der Waals surface area contributed by atoms with Crippen LogP contribution in [0, 0.1) is 5.92 Å². The Morgan fingerprint density at radius 1 is 1.42 bits per heavy atom. The van der Waals surface area contributed by atoms with Crippen molar-refractivity contribution in [3.05, 3.63) is 40.4 Å². The normalized spacial score (nSPS) is 20.9. The Morgan fingerprint density at radius 2 is 2.25 bits per heavy atom. The average Bonchev–Trinajstić information content (AvgIpc) is 2.97. The second kappa shape index (κ2) is 7.95. The summed E-state index contributed by atoms with van der Waals surface area (Å²) in [5.74, 6) is 0.427. The lowest BCUT2D eigenvalue weighted by molar-refractivity contribution is -0.118. The van der Waals surface area contributed by atoms with Gasteiger partial charge in [-0.25, -0.2) is 0 Å². The van der Waals surface area contributed by atoms with E-state index in [1.165, 1.54) is 12.0 Å². The summed E-state index contributed by atoms with van der Waals surface area (Å²) in [6, 6.07) is 8.28. The Kier molecular flexibility index (Phi) is 5.69. The molecule has 3 rings (SSSR count). The summed E-state index contributed by atoms with van der Waals surface area (Å²) < 4.78 is 0. The fourth-order valence-corrected chi connectivity index (χ4v) is 3.84. The van der Waals surface area contributed by atoms with Crippen molar-refractivity contribution in [2.24, 2.45) is 10.9 Å². The van der Waals surface area contributed by atoms with Gasteiger partial charge in [0.05, 0.1) is 17.3 Å². The molecule has 0 aromatic heterocycles. The predicted octanol–water partition coefficient (Wildman–Crippen LogP) is 2.77. The van der Waals surface area contributed by atoms with E-state index in [9.17, 15) is 4.79 Å². The Labute approximate surface area is 148 Å². The van der Waals surface area contributed by atoms with Crippen LogP contribution < -0.4 is 10.6 Å². The molecule has 5 heteroatoms. The zero-order valence-electron chi connectivity index (χ0n) is 14.1. The van der Waals surface area contributed by atoms with Gasteiger partial charge in [-0.2, -0.15) is 0 Å². The third-order valence-electron chi connectivity index (χ3n) is 4.69. The molecule has 1 aromatic carbocycles. The molecule has 2 aliphatic heterocycles. The van der Waals surface area contributed by atoms with E-state index in [0.29, 0.717) is 19.0 Å². The summed E-state index contributed by atoms with van der Waals surface area (Å²) in [4.78, 5) is 15.8. The molecule has 1 saturated heterocycles. The van der Waals surface area contributed by atoms with E-state index >= 15 is 0 Å². The molecule has 0 radical (unpaired) electrons. The van der Waals surface area contributed by atoms with Crippen molar-refractivity contribution in [2.45, 2.75) is 26.2 Å². The molecule has 0 bridgehead atoms. The van der Waals surface area contributed by atoms with Gasteiger partial charge in [0.15, 0.2) is 0 Å². The van der Waals surface area contributed by atoms with Gasteiger partial charge in [0.1, 0.15) is 0 Å². The molecule has 4 nitrogen and oxygen atoms in total. The van der Waals surface area contributed by atoms with Gasteiger partial charge in [-0.3, -0.25) is 9.79 Å². The molecule has 24 heavy (non-hydrogen) atoms. The van der Waals surface area contributed by atoms with Crippen molar-refractivity contribution in [1.82, 2.24) is 10.6 Å². The Balaban J connectivity index is 1.79. The highest BCUT2D eigenvalue weighted by atomic mass is 35.5. The van der Waals surface area contributed by atoms with Gasteiger partial charge in [0.2, 0.25) is 5.91 Å². The second-order valence-electron chi connectivity index (χ2n) is 6.43. The van der Waals surface area contributed by atoms with Crippen molar-refractivity contribution in [2.75, 3.05) is 26.2 Å². The minimum absolute atomic E-state index is 0.000938. The van der Waals surface area contributed by atoms with Gasteiger partial charge in [-0.15, -0.1) is 0 Å². The van der Waals surface area contributed by atoms with E-state index in [2.05, 4.69) is 22.8 Å². The van der Waals surface area contributed by atoms with Crippen LogP contribution >= 0.6 is 11.6 Å². The number of hydrogen-bond acceptors (Lipinski definition) is 3. The van der Waals surface area contributed by atoms with Gasteiger partial charge in [0.25, 0.3) is 0 Å². The summed E-state index contributed by atoms with van der Waals surface area (Å²) >= 11 is 6.72. The molecule has 0 unspecified atom stereocenters. The highest BCUT2D eigenvalue weighted by Crippen LogP contribution is 2.34. The van der Waals surface area contributed by atoms with E-state index in [4.69, 9.17) is 16.6 Å². The topological polar surface area (TPSA) is 53.5 Å². The first-order valence-electron chi connectivity index (χ1n) is 8.63. The molecule has 2 heterocycles. The fourth-order valence-electron chi connectivity index (χ4n) is 3.46. The van der Waals surface area contributed by atoms with Crippen LogP contribution in [-0.2, 0) is 11.2 Å². The molecular formula is C19H24ClN3O. The maximum Gasteiger partial charge on any atom is 0.216 e. The van der Waals surface area contributed by atoms with Crippen LogP contribution in [-0.4, -0.2) is 37.8 Å². The standard InChI is InChI=1S/C19H24ClN3O/c1-13(24)22-10-8-14-5-2-3-7-16(14)17-12-23-19(18(17)20)15-6-4-9-21-11-15/h2-3,5,7,15,21H,4,6,8-12H2,1H3,(H,22,24)/t15-/m1/s1. The van der Waals surface area contributed by atoms with Crippen LogP contribution in [0.3, 0.4) is 0 Å².